The Morgan fingerprint density at radius 3 is 2.33 bits per heavy atom. The molecule has 0 aliphatic heterocycles. The molecule has 0 amide bonds. The second kappa shape index (κ2) is 2.39. The van der Waals surface area contributed by atoms with E-state index in [1.807, 2.05) is 0 Å². The zero-order chi connectivity index (χ0) is 6.85. The van der Waals surface area contributed by atoms with Gasteiger partial charge in [-0.25, -0.2) is 0 Å². The van der Waals surface area contributed by atoms with Gasteiger partial charge >= 0.3 is 0 Å². The Bertz CT molecular complexity index is 126. The minimum absolute atomic E-state index is 0.386. The van der Waals surface area contributed by atoms with E-state index in [0.717, 1.165) is 24.7 Å². The van der Waals surface area contributed by atoms with Gasteiger partial charge in [-0.15, -0.1) is 0 Å². The lowest BCUT2D eigenvalue weighted by atomic mass is 9.70. The molecule has 50 valence electrons. The number of nitriles is 1. The van der Waals surface area contributed by atoms with Crippen molar-refractivity contribution in [2.45, 2.75) is 26.7 Å². The molecule has 0 saturated heterocycles. The van der Waals surface area contributed by atoms with E-state index in [1.54, 1.807) is 0 Å². The lowest BCUT2D eigenvalue weighted by Crippen LogP contribution is -2.26. The minimum Gasteiger partial charge on any atom is -0.198 e. The van der Waals surface area contributed by atoms with Crippen molar-refractivity contribution in [3.8, 4) is 6.07 Å². The third-order valence-electron chi connectivity index (χ3n) is 2.30. The quantitative estimate of drug-likeness (QED) is 0.524. The van der Waals surface area contributed by atoms with Gasteiger partial charge in [0.1, 0.15) is 0 Å². The van der Waals surface area contributed by atoms with Gasteiger partial charge in [0.15, 0.2) is 0 Å². The summed E-state index contributed by atoms with van der Waals surface area (Å²) >= 11 is 0. The third kappa shape index (κ3) is 1.24. The molecule has 9 heavy (non-hydrogen) atoms. The van der Waals surface area contributed by atoms with Crippen molar-refractivity contribution in [3.63, 3.8) is 0 Å². The van der Waals surface area contributed by atoms with Gasteiger partial charge in [-0.2, -0.15) is 5.26 Å². The topological polar surface area (TPSA) is 23.8 Å². The van der Waals surface area contributed by atoms with Crippen LogP contribution in [0.5, 0.6) is 0 Å². The fourth-order valence-electron chi connectivity index (χ4n) is 1.31. The Morgan fingerprint density at radius 1 is 1.44 bits per heavy atom. The summed E-state index contributed by atoms with van der Waals surface area (Å²) in [7, 11) is 0. The van der Waals surface area contributed by atoms with Crippen LogP contribution in [0.25, 0.3) is 0 Å². The van der Waals surface area contributed by atoms with Crippen LogP contribution in [-0.4, -0.2) is 0 Å². The molecule has 1 saturated carbocycles. The first-order valence-corrected chi connectivity index (χ1v) is 3.63. The first kappa shape index (κ1) is 6.61. The molecule has 0 aromatic carbocycles. The van der Waals surface area contributed by atoms with Crippen molar-refractivity contribution in [3.05, 3.63) is 0 Å². The molecule has 0 radical (unpaired) electrons. The predicted molar refractivity (Wildman–Crippen MR) is 36.7 cm³/mol. The standard InChI is InChI=1S/C8H13N/c1-6(2)8-3-7(4-8)5-9/h6-8H,3-4H2,1-2H3/t7-,8+. The Labute approximate surface area is 56.7 Å². The summed E-state index contributed by atoms with van der Waals surface area (Å²) in [6.07, 6.45) is 2.29. The molecule has 0 heterocycles. The van der Waals surface area contributed by atoms with Gasteiger partial charge in [-0.1, -0.05) is 13.8 Å². The van der Waals surface area contributed by atoms with Crippen LogP contribution in [0.3, 0.4) is 0 Å². The predicted octanol–water partition coefficient (Wildman–Crippen LogP) is 2.19. The maximum atomic E-state index is 8.44. The van der Waals surface area contributed by atoms with Crippen molar-refractivity contribution >= 4 is 0 Å². The highest BCUT2D eigenvalue weighted by molar-refractivity contribution is 4.94. The highest BCUT2D eigenvalue weighted by Gasteiger charge is 2.30. The van der Waals surface area contributed by atoms with E-state index in [9.17, 15) is 0 Å². The first-order chi connectivity index (χ1) is 4.24. The largest absolute Gasteiger partial charge is 0.198 e. The maximum absolute atomic E-state index is 8.44. The molecule has 0 atom stereocenters. The average Bonchev–Trinajstić information content (AvgIpc) is 1.61. The van der Waals surface area contributed by atoms with Crippen molar-refractivity contribution in [2.75, 3.05) is 0 Å². The van der Waals surface area contributed by atoms with Gasteiger partial charge < -0.3 is 0 Å². The second-order valence-corrected chi connectivity index (χ2v) is 3.30. The zero-order valence-electron chi connectivity index (χ0n) is 6.09. The summed E-state index contributed by atoms with van der Waals surface area (Å²) in [5.74, 6) is 2.02. The molecule has 1 nitrogen and oxygen atoms in total. The Kier molecular flexibility index (Phi) is 1.75. The van der Waals surface area contributed by atoms with Crippen LogP contribution in [0.1, 0.15) is 26.7 Å². The van der Waals surface area contributed by atoms with E-state index in [-0.39, 0.29) is 0 Å². The molecule has 0 aromatic rings. The Balaban J connectivity index is 2.21. The Hall–Kier alpha value is -0.510. The van der Waals surface area contributed by atoms with Gasteiger partial charge in [0, 0.05) is 5.92 Å². The first-order valence-electron chi connectivity index (χ1n) is 3.63. The number of hydrogen-bond donors (Lipinski definition) is 0. The van der Waals surface area contributed by atoms with Crippen LogP contribution in [0.2, 0.25) is 0 Å². The minimum atomic E-state index is 0.386. The summed E-state index contributed by atoms with van der Waals surface area (Å²) in [4.78, 5) is 0. The molecular formula is C8H13N. The van der Waals surface area contributed by atoms with E-state index in [1.165, 1.54) is 0 Å². The van der Waals surface area contributed by atoms with Crippen LogP contribution < -0.4 is 0 Å². The fourth-order valence-corrected chi connectivity index (χ4v) is 1.31. The van der Waals surface area contributed by atoms with Crippen molar-refractivity contribution in [1.29, 1.82) is 5.26 Å². The molecule has 1 heteroatoms. The lowest BCUT2D eigenvalue weighted by molar-refractivity contribution is 0.182. The normalized spacial score (nSPS) is 33.6. The molecule has 0 aromatic heterocycles. The van der Waals surface area contributed by atoms with Crippen LogP contribution in [0.15, 0.2) is 0 Å². The van der Waals surface area contributed by atoms with Crippen LogP contribution in [0, 0.1) is 29.1 Å². The van der Waals surface area contributed by atoms with Crippen molar-refractivity contribution in [1.82, 2.24) is 0 Å². The lowest BCUT2D eigenvalue weighted by Gasteiger charge is -2.33. The fraction of sp³-hybridized carbons (Fsp3) is 0.875. The SMILES string of the molecule is CC(C)[C@H]1C[C@@H](C#N)C1. The average molecular weight is 123 g/mol. The summed E-state index contributed by atoms with van der Waals surface area (Å²) < 4.78 is 0. The number of hydrogen-bond acceptors (Lipinski definition) is 1. The molecule has 0 unspecified atom stereocenters. The van der Waals surface area contributed by atoms with Crippen LogP contribution >= 0.6 is 0 Å². The molecule has 1 aliphatic carbocycles. The van der Waals surface area contributed by atoms with Crippen LogP contribution in [-0.2, 0) is 0 Å². The molecule has 0 bridgehead atoms. The maximum Gasteiger partial charge on any atom is 0.0655 e. The highest BCUT2D eigenvalue weighted by Crippen LogP contribution is 2.37. The van der Waals surface area contributed by atoms with Crippen molar-refractivity contribution in [2.24, 2.45) is 17.8 Å². The third-order valence-corrected chi connectivity index (χ3v) is 2.30. The summed E-state index contributed by atoms with van der Waals surface area (Å²) in [5, 5.41) is 8.44. The smallest absolute Gasteiger partial charge is 0.0655 e. The number of rotatable bonds is 1. The van der Waals surface area contributed by atoms with E-state index in [0.29, 0.717) is 5.92 Å². The summed E-state index contributed by atoms with van der Waals surface area (Å²) in [6.45, 7) is 4.47. The molecule has 1 fully saturated rings. The van der Waals surface area contributed by atoms with Gasteiger partial charge in [-0.3, -0.25) is 0 Å². The molecule has 0 N–H and O–H groups in total. The monoisotopic (exact) mass is 123 g/mol. The van der Waals surface area contributed by atoms with E-state index < -0.39 is 0 Å². The van der Waals surface area contributed by atoms with E-state index in [4.69, 9.17) is 5.26 Å². The molecule has 1 rings (SSSR count). The molecular weight excluding hydrogens is 110 g/mol. The zero-order valence-corrected chi connectivity index (χ0v) is 6.09. The van der Waals surface area contributed by atoms with E-state index in [2.05, 4.69) is 19.9 Å². The van der Waals surface area contributed by atoms with Gasteiger partial charge in [-0.05, 0) is 24.7 Å². The van der Waals surface area contributed by atoms with Crippen LogP contribution in [0.4, 0.5) is 0 Å². The van der Waals surface area contributed by atoms with Gasteiger partial charge in [0.05, 0.1) is 6.07 Å². The molecule has 1 aliphatic rings. The van der Waals surface area contributed by atoms with Crippen molar-refractivity contribution < 1.29 is 0 Å². The number of nitrogens with zero attached hydrogens (tertiary/aromatic N) is 1. The second-order valence-electron chi connectivity index (χ2n) is 3.30. The van der Waals surface area contributed by atoms with E-state index >= 15 is 0 Å². The van der Waals surface area contributed by atoms with Gasteiger partial charge in [0.25, 0.3) is 0 Å². The Morgan fingerprint density at radius 2 is 2.00 bits per heavy atom. The molecule has 0 spiro atoms. The summed E-state index contributed by atoms with van der Waals surface area (Å²) in [5.41, 5.74) is 0. The summed E-state index contributed by atoms with van der Waals surface area (Å²) in [6, 6.07) is 2.29. The van der Waals surface area contributed by atoms with Gasteiger partial charge in [0.2, 0.25) is 0 Å². The highest BCUT2D eigenvalue weighted by atomic mass is 14.4.